The second-order valence-corrected chi connectivity index (χ2v) is 6.41. The Hall–Kier alpha value is -0.630. The Balaban J connectivity index is 2.13. The monoisotopic (exact) mass is 254 g/mol. The molecule has 0 heterocycles. The number of aryl methyl sites for hydroxylation is 1. The molecule has 94 valence electrons. The lowest BCUT2D eigenvalue weighted by Crippen LogP contribution is -2.20. The van der Waals surface area contributed by atoms with Gasteiger partial charge in [-0.05, 0) is 31.4 Å². The van der Waals surface area contributed by atoms with Gasteiger partial charge in [-0.15, -0.1) is 0 Å². The van der Waals surface area contributed by atoms with Crippen LogP contribution in [0.2, 0.25) is 0 Å². The minimum atomic E-state index is -3.65. The predicted molar refractivity (Wildman–Crippen MR) is 68.6 cm³/mol. The molecule has 0 saturated heterocycles. The van der Waals surface area contributed by atoms with Crippen molar-refractivity contribution in [3.63, 3.8) is 0 Å². The number of rotatable bonds is 3. The lowest BCUT2D eigenvalue weighted by Gasteiger charge is -2.25. The minimum absolute atomic E-state index is 0.0563. The van der Waals surface area contributed by atoms with Gasteiger partial charge in [0.05, 0.1) is 11.4 Å². The fourth-order valence-electron chi connectivity index (χ4n) is 2.31. The average molecular weight is 254 g/mol. The van der Waals surface area contributed by atoms with Crippen molar-refractivity contribution in [3.05, 3.63) is 29.8 Å². The lowest BCUT2D eigenvalue weighted by molar-refractivity contribution is 0.140. The molecule has 0 bridgehead atoms. The summed E-state index contributed by atoms with van der Waals surface area (Å²) in [5, 5.41) is 0.436. The van der Waals surface area contributed by atoms with Gasteiger partial charge in [0.15, 0.2) is 0 Å². The molecule has 1 aliphatic carbocycles. The van der Waals surface area contributed by atoms with Crippen LogP contribution in [0.1, 0.15) is 37.7 Å². The number of hydrogen-bond acceptors (Lipinski definition) is 2. The third-order valence-electron chi connectivity index (χ3n) is 3.26. The van der Waals surface area contributed by atoms with E-state index in [1.807, 2.05) is 19.1 Å². The molecule has 1 aliphatic rings. The van der Waals surface area contributed by atoms with E-state index >= 15 is 0 Å². The van der Waals surface area contributed by atoms with Gasteiger partial charge in [-0.1, -0.05) is 37.5 Å². The van der Waals surface area contributed by atoms with Crippen molar-refractivity contribution in [2.45, 2.75) is 45.1 Å². The summed E-state index contributed by atoms with van der Waals surface area (Å²) in [4.78, 5) is 10.1. The molecule has 1 saturated carbocycles. The Morgan fingerprint density at radius 2 is 1.88 bits per heavy atom. The third-order valence-corrected chi connectivity index (χ3v) is 4.96. The summed E-state index contributed by atoms with van der Waals surface area (Å²) in [6.45, 7) is 1.84. The van der Waals surface area contributed by atoms with Crippen LogP contribution in [0.4, 0.5) is 0 Å². The first-order valence-corrected chi connectivity index (χ1v) is 7.75. The van der Waals surface area contributed by atoms with Crippen LogP contribution < -0.4 is 5.30 Å². The quantitative estimate of drug-likeness (QED) is 0.843. The van der Waals surface area contributed by atoms with Gasteiger partial charge in [-0.3, -0.25) is 4.57 Å². The van der Waals surface area contributed by atoms with E-state index in [-0.39, 0.29) is 6.10 Å². The van der Waals surface area contributed by atoms with Gasteiger partial charge >= 0.3 is 7.60 Å². The van der Waals surface area contributed by atoms with Crippen LogP contribution in [-0.4, -0.2) is 11.0 Å². The fourth-order valence-corrected chi connectivity index (χ4v) is 3.83. The zero-order valence-electron chi connectivity index (χ0n) is 10.1. The molecule has 4 heteroatoms. The second kappa shape index (κ2) is 5.34. The van der Waals surface area contributed by atoms with Crippen LogP contribution in [0.3, 0.4) is 0 Å². The standard InChI is InChI=1S/C13H19O3P/c1-11-7-5-6-10-13(11)17(14,15)16-12-8-3-2-4-9-12/h5-7,10,12H,2-4,8-9H2,1H3,(H,14,15). The maximum Gasteiger partial charge on any atom is 0.359 e. The Morgan fingerprint density at radius 1 is 1.24 bits per heavy atom. The third kappa shape index (κ3) is 3.19. The summed E-state index contributed by atoms with van der Waals surface area (Å²) in [7, 11) is -3.65. The van der Waals surface area contributed by atoms with E-state index in [0.29, 0.717) is 5.30 Å². The molecule has 1 aromatic rings. The highest BCUT2D eigenvalue weighted by atomic mass is 31.2. The average Bonchev–Trinajstić information content (AvgIpc) is 2.30. The molecule has 1 atom stereocenters. The maximum absolute atomic E-state index is 12.2. The summed E-state index contributed by atoms with van der Waals surface area (Å²) in [6.07, 6.45) is 5.14. The first kappa shape index (κ1) is 12.8. The molecule has 1 fully saturated rings. The van der Waals surface area contributed by atoms with E-state index in [1.54, 1.807) is 12.1 Å². The van der Waals surface area contributed by atoms with Gasteiger partial charge in [0, 0.05) is 0 Å². The Bertz CT molecular complexity index is 424. The van der Waals surface area contributed by atoms with Gasteiger partial charge in [0.1, 0.15) is 0 Å². The van der Waals surface area contributed by atoms with E-state index in [1.165, 1.54) is 6.42 Å². The van der Waals surface area contributed by atoms with Gasteiger partial charge in [-0.2, -0.15) is 0 Å². The SMILES string of the molecule is Cc1ccccc1P(=O)(O)OC1CCCCC1. The molecular weight excluding hydrogens is 235 g/mol. The van der Waals surface area contributed by atoms with Gasteiger partial charge < -0.3 is 9.42 Å². The number of benzene rings is 1. The predicted octanol–water partition coefficient (Wildman–Crippen LogP) is 3.16. The minimum Gasteiger partial charge on any atom is -0.321 e. The Kier molecular flexibility index (Phi) is 4.03. The molecule has 1 N–H and O–H groups in total. The molecule has 2 rings (SSSR count). The zero-order valence-corrected chi connectivity index (χ0v) is 11.0. The molecule has 3 nitrogen and oxygen atoms in total. The Labute approximate surface area is 102 Å². The van der Waals surface area contributed by atoms with Crippen LogP contribution in [0, 0.1) is 6.92 Å². The van der Waals surface area contributed by atoms with Crippen LogP contribution in [-0.2, 0) is 9.09 Å². The zero-order chi connectivity index (χ0) is 12.3. The van der Waals surface area contributed by atoms with Crippen molar-refractivity contribution >= 4 is 12.9 Å². The van der Waals surface area contributed by atoms with Crippen LogP contribution in [0.15, 0.2) is 24.3 Å². The largest absolute Gasteiger partial charge is 0.359 e. The molecule has 17 heavy (non-hydrogen) atoms. The highest BCUT2D eigenvalue weighted by Crippen LogP contribution is 2.45. The molecule has 0 amide bonds. The Morgan fingerprint density at radius 3 is 2.53 bits per heavy atom. The van der Waals surface area contributed by atoms with E-state index in [0.717, 1.165) is 31.2 Å². The second-order valence-electron chi connectivity index (χ2n) is 4.67. The first-order chi connectivity index (χ1) is 8.09. The lowest BCUT2D eigenvalue weighted by atomic mass is 9.98. The molecule has 0 radical (unpaired) electrons. The van der Waals surface area contributed by atoms with E-state index < -0.39 is 7.60 Å². The first-order valence-electron chi connectivity index (χ1n) is 6.17. The normalized spacial score (nSPS) is 21.1. The summed E-state index contributed by atoms with van der Waals surface area (Å²) < 4.78 is 17.7. The van der Waals surface area contributed by atoms with E-state index in [2.05, 4.69) is 0 Å². The van der Waals surface area contributed by atoms with Crippen molar-refractivity contribution in [2.24, 2.45) is 0 Å². The summed E-state index contributed by atoms with van der Waals surface area (Å²) in [5.41, 5.74) is 0.814. The van der Waals surface area contributed by atoms with Crippen molar-refractivity contribution in [1.82, 2.24) is 0 Å². The molecular formula is C13H19O3P. The highest BCUT2D eigenvalue weighted by molar-refractivity contribution is 7.61. The van der Waals surface area contributed by atoms with Crippen LogP contribution in [0.5, 0.6) is 0 Å². The molecule has 0 spiro atoms. The van der Waals surface area contributed by atoms with Gasteiger partial charge in [0.25, 0.3) is 0 Å². The van der Waals surface area contributed by atoms with Crippen LogP contribution >= 0.6 is 7.60 Å². The molecule has 0 aliphatic heterocycles. The topological polar surface area (TPSA) is 46.5 Å². The van der Waals surface area contributed by atoms with Crippen molar-refractivity contribution in [3.8, 4) is 0 Å². The van der Waals surface area contributed by atoms with E-state index in [4.69, 9.17) is 4.52 Å². The van der Waals surface area contributed by atoms with Gasteiger partial charge in [0.2, 0.25) is 0 Å². The van der Waals surface area contributed by atoms with Crippen molar-refractivity contribution < 1.29 is 14.0 Å². The van der Waals surface area contributed by atoms with Gasteiger partial charge in [-0.25, -0.2) is 0 Å². The fraction of sp³-hybridized carbons (Fsp3) is 0.538. The molecule has 1 aromatic carbocycles. The number of hydrogen-bond donors (Lipinski definition) is 1. The summed E-state index contributed by atoms with van der Waals surface area (Å²) in [5.74, 6) is 0. The maximum atomic E-state index is 12.2. The highest BCUT2D eigenvalue weighted by Gasteiger charge is 2.29. The summed E-state index contributed by atoms with van der Waals surface area (Å²) in [6, 6.07) is 7.15. The van der Waals surface area contributed by atoms with Crippen molar-refractivity contribution in [2.75, 3.05) is 0 Å². The molecule has 0 aromatic heterocycles. The molecule has 1 unspecified atom stereocenters. The smallest absolute Gasteiger partial charge is 0.321 e. The summed E-state index contributed by atoms with van der Waals surface area (Å²) >= 11 is 0. The van der Waals surface area contributed by atoms with Crippen LogP contribution in [0.25, 0.3) is 0 Å². The van der Waals surface area contributed by atoms with E-state index in [9.17, 15) is 9.46 Å². The van der Waals surface area contributed by atoms with Crippen molar-refractivity contribution in [1.29, 1.82) is 0 Å².